The maximum atomic E-state index is 11.7. The number of hydrogen-bond acceptors (Lipinski definition) is 5. The van der Waals surface area contributed by atoms with Crippen molar-refractivity contribution in [2.45, 2.75) is 13.3 Å². The third kappa shape index (κ3) is 3.44. The van der Waals surface area contributed by atoms with Crippen LogP contribution in [0.15, 0.2) is 0 Å². The number of nitrogens with two attached hydrogens (primary N) is 1. The van der Waals surface area contributed by atoms with Crippen molar-refractivity contribution < 1.29 is 24.2 Å². The number of carboxylic acid groups (broad SMARTS) is 1. The van der Waals surface area contributed by atoms with Crippen LogP contribution in [0.5, 0.6) is 0 Å². The molecule has 1 saturated carbocycles. The van der Waals surface area contributed by atoms with Crippen molar-refractivity contribution in [1.29, 1.82) is 0 Å². The van der Waals surface area contributed by atoms with Gasteiger partial charge in [0, 0.05) is 13.5 Å². The first-order valence-electron chi connectivity index (χ1n) is 6.17. The second-order valence-electron chi connectivity index (χ2n) is 4.81. The molecule has 1 amide bonds. The van der Waals surface area contributed by atoms with Crippen molar-refractivity contribution in [2.24, 2.45) is 29.4 Å². The number of amides is 1. The Morgan fingerprint density at radius 2 is 1.95 bits per heavy atom. The van der Waals surface area contributed by atoms with E-state index in [0.717, 1.165) is 0 Å². The molecule has 0 heterocycles. The first kappa shape index (κ1) is 15.4. The molecule has 4 atom stereocenters. The largest absolute Gasteiger partial charge is 0.481 e. The van der Waals surface area contributed by atoms with E-state index in [2.05, 4.69) is 5.32 Å². The van der Waals surface area contributed by atoms with Gasteiger partial charge in [0.25, 0.3) is 0 Å². The summed E-state index contributed by atoms with van der Waals surface area (Å²) in [6.45, 7) is 1.77. The van der Waals surface area contributed by atoms with Crippen molar-refractivity contribution in [1.82, 2.24) is 5.32 Å². The Hall–Kier alpha value is -1.63. The minimum Gasteiger partial charge on any atom is -0.481 e. The third-order valence-electron chi connectivity index (χ3n) is 3.77. The van der Waals surface area contributed by atoms with Gasteiger partial charge in [-0.3, -0.25) is 14.4 Å². The van der Waals surface area contributed by atoms with E-state index < -0.39 is 23.8 Å². The Morgan fingerprint density at radius 3 is 2.37 bits per heavy atom. The highest BCUT2D eigenvalue weighted by Crippen LogP contribution is 2.41. The van der Waals surface area contributed by atoms with Crippen molar-refractivity contribution in [2.75, 3.05) is 20.2 Å². The van der Waals surface area contributed by atoms with E-state index in [1.807, 2.05) is 0 Å². The zero-order chi connectivity index (χ0) is 14.6. The average Bonchev–Trinajstić information content (AvgIpc) is 2.73. The van der Waals surface area contributed by atoms with E-state index in [0.29, 0.717) is 0 Å². The second-order valence-corrected chi connectivity index (χ2v) is 4.81. The molecule has 108 valence electrons. The zero-order valence-corrected chi connectivity index (χ0v) is 11.1. The summed E-state index contributed by atoms with van der Waals surface area (Å²) in [7, 11) is 1.27. The summed E-state index contributed by atoms with van der Waals surface area (Å²) >= 11 is 0. The normalized spacial score (nSPS) is 29.8. The number of carboxylic acids is 1. The maximum absolute atomic E-state index is 11.7. The number of methoxy groups -OCH3 is 1. The number of carbonyl (C=O) groups excluding carboxylic acids is 2. The minimum atomic E-state index is -0.963. The summed E-state index contributed by atoms with van der Waals surface area (Å²) in [5.41, 5.74) is 5.63. The number of hydrogen-bond donors (Lipinski definition) is 3. The summed E-state index contributed by atoms with van der Waals surface area (Å²) in [6, 6.07) is 0. The topological polar surface area (TPSA) is 119 Å². The molecule has 0 radical (unpaired) electrons. The highest BCUT2D eigenvalue weighted by molar-refractivity contribution is 5.78. The van der Waals surface area contributed by atoms with Crippen molar-refractivity contribution >= 4 is 17.8 Å². The minimum absolute atomic E-state index is 0.161. The fourth-order valence-corrected chi connectivity index (χ4v) is 2.82. The van der Waals surface area contributed by atoms with Crippen LogP contribution < -0.4 is 11.1 Å². The van der Waals surface area contributed by atoms with Gasteiger partial charge in [-0.15, -0.1) is 0 Å². The molecule has 1 fully saturated rings. The lowest BCUT2D eigenvalue weighted by atomic mass is 9.86. The van der Waals surface area contributed by atoms with Crippen LogP contribution in [-0.4, -0.2) is 43.2 Å². The average molecular weight is 272 g/mol. The van der Waals surface area contributed by atoms with Gasteiger partial charge in [0.05, 0.1) is 18.9 Å². The first-order valence-corrected chi connectivity index (χ1v) is 6.17. The monoisotopic (exact) mass is 272 g/mol. The van der Waals surface area contributed by atoms with Gasteiger partial charge < -0.3 is 20.9 Å². The molecule has 0 saturated heterocycles. The van der Waals surface area contributed by atoms with Crippen LogP contribution in [0.25, 0.3) is 0 Å². The Kier molecular flexibility index (Phi) is 5.29. The molecular weight excluding hydrogens is 252 g/mol. The van der Waals surface area contributed by atoms with Crippen LogP contribution in [0.1, 0.15) is 13.3 Å². The number of nitrogens with one attached hydrogen (secondary N) is 1. The van der Waals surface area contributed by atoms with Crippen LogP contribution in [0, 0.1) is 23.7 Å². The van der Waals surface area contributed by atoms with E-state index in [-0.39, 0.29) is 37.3 Å². The molecule has 0 aliphatic heterocycles. The molecule has 1 aliphatic rings. The Balaban J connectivity index is 2.91. The molecule has 0 aromatic heterocycles. The molecule has 0 spiro atoms. The summed E-state index contributed by atoms with van der Waals surface area (Å²) in [5.74, 6) is -3.49. The van der Waals surface area contributed by atoms with Gasteiger partial charge in [0.1, 0.15) is 0 Å². The molecule has 0 bridgehead atoms. The highest BCUT2D eigenvalue weighted by Gasteiger charge is 2.49. The molecule has 0 aromatic rings. The fraction of sp³-hybridized carbons (Fsp3) is 0.750. The zero-order valence-electron chi connectivity index (χ0n) is 11.1. The SMILES string of the molecule is COC(=O)[C@@H]1C[C@H](C(=O)O)[C@@H](CN)[C@H]1CNC(C)=O. The lowest BCUT2D eigenvalue weighted by molar-refractivity contribution is -0.147. The maximum Gasteiger partial charge on any atom is 0.309 e. The van der Waals surface area contributed by atoms with E-state index in [1.165, 1.54) is 14.0 Å². The number of esters is 1. The van der Waals surface area contributed by atoms with Gasteiger partial charge in [0.15, 0.2) is 0 Å². The molecule has 4 N–H and O–H groups in total. The molecule has 0 aromatic carbocycles. The summed E-state index contributed by atoms with van der Waals surface area (Å²) in [5, 5.41) is 11.8. The van der Waals surface area contributed by atoms with Gasteiger partial charge in [-0.2, -0.15) is 0 Å². The molecular formula is C12H20N2O5. The summed E-state index contributed by atoms with van der Waals surface area (Å²) < 4.78 is 4.71. The van der Waals surface area contributed by atoms with Crippen molar-refractivity contribution in [3.63, 3.8) is 0 Å². The van der Waals surface area contributed by atoms with E-state index >= 15 is 0 Å². The molecule has 0 unspecified atom stereocenters. The predicted octanol–water partition coefficient (Wildman–Crippen LogP) is -0.793. The predicted molar refractivity (Wildman–Crippen MR) is 66.0 cm³/mol. The van der Waals surface area contributed by atoms with Crippen LogP contribution in [0.2, 0.25) is 0 Å². The highest BCUT2D eigenvalue weighted by atomic mass is 16.5. The number of ether oxygens (including phenoxy) is 1. The van der Waals surface area contributed by atoms with E-state index in [9.17, 15) is 19.5 Å². The number of aliphatic carboxylic acids is 1. The van der Waals surface area contributed by atoms with Crippen LogP contribution in [-0.2, 0) is 19.1 Å². The lowest BCUT2D eigenvalue weighted by Gasteiger charge is -2.23. The smallest absolute Gasteiger partial charge is 0.309 e. The first-order chi connectivity index (χ1) is 8.92. The quantitative estimate of drug-likeness (QED) is 0.564. The van der Waals surface area contributed by atoms with Gasteiger partial charge >= 0.3 is 11.9 Å². The third-order valence-corrected chi connectivity index (χ3v) is 3.77. The van der Waals surface area contributed by atoms with Crippen molar-refractivity contribution in [3.8, 4) is 0 Å². The fourth-order valence-electron chi connectivity index (χ4n) is 2.82. The van der Waals surface area contributed by atoms with Gasteiger partial charge in [0.2, 0.25) is 5.91 Å². The molecule has 7 heteroatoms. The standard InChI is InChI=1S/C12H20N2O5/c1-6(15)14-5-10-8(12(18)19-2)3-7(11(16)17)9(10)4-13/h7-10H,3-5,13H2,1-2H3,(H,14,15)(H,16,17)/t7-,8+,9+,10-/m0/s1. The van der Waals surface area contributed by atoms with Crippen LogP contribution >= 0.6 is 0 Å². The van der Waals surface area contributed by atoms with Crippen LogP contribution in [0.4, 0.5) is 0 Å². The summed E-state index contributed by atoms with van der Waals surface area (Å²) in [6.07, 6.45) is 0.203. The second kappa shape index (κ2) is 6.51. The molecule has 19 heavy (non-hydrogen) atoms. The lowest BCUT2D eigenvalue weighted by Crippen LogP contribution is -2.38. The van der Waals surface area contributed by atoms with Crippen molar-refractivity contribution in [3.05, 3.63) is 0 Å². The van der Waals surface area contributed by atoms with E-state index in [4.69, 9.17) is 10.5 Å². The summed E-state index contributed by atoms with van der Waals surface area (Å²) in [4.78, 5) is 33.9. The van der Waals surface area contributed by atoms with Gasteiger partial charge in [-0.05, 0) is 24.8 Å². The van der Waals surface area contributed by atoms with Gasteiger partial charge in [-0.1, -0.05) is 0 Å². The molecule has 1 aliphatic carbocycles. The Bertz CT molecular complexity index is 371. The van der Waals surface area contributed by atoms with E-state index in [1.54, 1.807) is 0 Å². The Labute approximate surface area is 111 Å². The number of rotatable bonds is 5. The van der Waals surface area contributed by atoms with Gasteiger partial charge in [-0.25, -0.2) is 0 Å². The molecule has 7 nitrogen and oxygen atoms in total. The Morgan fingerprint density at radius 1 is 1.32 bits per heavy atom. The van der Waals surface area contributed by atoms with Crippen LogP contribution in [0.3, 0.4) is 0 Å². The number of carbonyl (C=O) groups is 3. The molecule has 1 rings (SSSR count).